The number of carbonyl (C=O) groups is 2. The Hall–Kier alpha value is -2.04. The van der Waals surface area contributed by atoms with Crippen LogP contribution in [0.2, 0.25) is 0 Å². The summed E-state index contributed by atoms with van der Waals surface area (Å²) in [5.74, 6) is 0.254. The number of imide groups is 1. The van der Waals surface area contributed by atoms with Crippen LogP contribution in [0.25, 0.3) is 6.08 Å². The van der Waals surface area contributed by atoms with Crippen molar-refractivity contribution in [2.45, 2.75) is 0 Å². The highest BCUT2D eigenvalue weighted by molar-refractivity contribution is 6.03. The summed E-state index contributed by atoms with van der Waals surface area (Å²) in [5.41, 5.74) is 0. The standard InChI is InChI=1S/C10H10N2O3/c13-9(12-6-5-11-10(12)14)4-3-8-2-1-7-15-8/h1-4,7H,5-6H2,(H,11,14)/b4-3+. The lowest BCUT2D eigenvalue weighted by molar-refractivity contribution is -0.122. The first-order chi connectivity index (χ1) is 7.27. The van der Waals surface area contributed by atoms with Crippen LogP contribution in [0.4, 0.5) is 4.79 Å². The van der Waals surface area contributed by atoms with Gasteiger partial charge in [0.15, 0.2) is 0 Å². The topological polar surface area (TPSA) is 62.6 Å². The molecule has 1 aromatic rings. The average Bonchev–Trinajstić information content (AvgIpc) is 2.84. The van der Waals surface area contributed by atoms with Crippen LogP contribution in [0.5, 0.6) is 0 Å². The molecule has 78 valence electrons. The Kier molecular flexibility index (Phi) is 2.53. The number of rotatable bonds is 2. The van der Waals surface area contributed by atoms with Crippen molar-refractivity contribution in [3.05, 3.63) is 30.2 Å². The van der Waals surface area contributed by atoms with Gasteiger partial charge in [0.1, 0.15) is 5.76 Å². The minimum absolute atomic E-state index is 0.332. The van der Waals surface area contributed by atoms with Crippen LogP contribution >= 0.6 is 0 Å². The summed E-state index contributed by atoms with van der Waals surface area (Å²) >= 11 is 0. The van der Waals surface area contributed by atoms with Gasteiger partial charge >= 0.3 is 6.03 Å². The Morgan fingerprint density at radius 1 is 1.60 bits per heavy atom. The van der Waals surface area contributed by atoms with Crippen molar-refractivity contribution in [3.63, 3.8) is 0 Å². The molecule has 5 heteroatoms. The molecule has 0 radical (unpaired) electrons. The summed E-state index contributed by atoms with van der Waals surface area (Å²) in [6, 6.07) is 3.12. The van der Waals surface area contributed by atoms with Crippen molar-refractivity contribution in [3.8, 4) is 0 Å². The maximum Gasteiger partial charge on any atom is 0.324 e. The number of hydrogen-bond donors (Lipinski definition) is 1. The summed E-state index contributed by atoms with van der Waals surface area (Å²) in [6.07, 6.45) is 4.38. The van der Waals surface area contributed by atoms with Gasteiger partial charge in [-0.2, -0.15) is 0 Å². The number of carbonyl (C=O) groups excluding carboxylic acids is 2. The summed E-state index contributed by atoms with van der Waals surface area (Å²) < 4.78 is 5.02. The summed E-state index contributed by atoms with van der Waals surface area (Å²) in [6.45, 7) is 0.930. The van der Waals surface area contributed by atoms with E-state index in [0.717, 1.165) is 4.90 Å². The second-order valence-electron chi connectivity index (χ2n) is 3.07. The summed E-state index contributed by atoms with van der Waals surface area (Å²) in [7, 11) is 0. The molecule has 1 saturated heterocycles. The SMILES string of the molecule is O=C(/C=C/c1ccco1)N1CCNC1=O. The molecule has 1 aliphatic heterocycles. The lowest BCUT2D eigenvalue weighted by Gasteiger charge is -2.07. The average molecular weight is 206 g/mol. The Morgan fingerprint density at radius 3 is 3.07 bits per heavy atom. The second-order valence-corrected chi connectivity index (χ2v) is 3.07. The molecule has 0 aliphatic carbocycles. The third kappa shape index (κ3) is 2.07. The molecule has 0 atom stereocenters. The van der Waals surface area contributed by atoms with E-state index in [-0.39, 0.29) is 11.9 Å². The monoisotopic (exact) mass is 206 g/mol. The molecule has 5 nitrogen and oxygen atoms in total. The van der Waals surface area contributed by atoms with Crippen LogP contribution in [0, 0.1) is 0 Å². The van der Waals surface area contributed by atoms with E-state index in [4.69, 9.17) is 4.42 Å². The van der Waals surface area contributed by atoms with Crippen molar-refractivity contribution in [1.29, 1.82) is 0 Å². The molecular formula is C10H10N2O3. The number of amides is 3. The fraction of sp³-hybridized carbons (Fsp3) is 0.200. The van der Waals surface area contributed by atoms with Gasteiger partial charge in [-0.3, -0.25) is 9.69 Å². The maximum absolute atomic E-state index is 11.5. The molecule has 15 heavy (non-hydrogen) atoms. The van der Waals surface area contributed by atoms with Gasteiger partial charge in [-0.1, -0.05) is 0 Å². The quantitative estimate of drug-likeness (QED) is 0.729. The van der Waals surface area contributed by atoms with E-state index in [1.807, 2.05) is 0 Å². The van der Waals surface area contributed by atoms with Crippen LogP contribution in [-0.2, 0) is 4.79 Å². The number of nitrogens with one attached hydrogen (secondary N) is 1. The van der Waals surface area contributed by atoms with Gasteiger partial charge in [-0.05, 0) is 18.2 Å². The van der Waals surface area contributed by atoms with E-state index < -0.39 is 0 Å². The number of furan rings is 1. The number of hydrogen-bond acceptors (Lipinski definition) is 3. The zero-order valence-electron chi connectivity index (χ0n) is 7.97. The lowest BCUT2D eigenvalue weighted by Crippen LogP contribution is -2.32. The molecule has 0 aromatic carbocycles. The highest BCUT2D eigenvalue weighted by atomic mass is 16.3. The predicted octanol–water partition coefficient (Wildman–Crippen LogP) is 0.845. The van der Waals surface area contributed by atoms with Crippen LogP contribution < -0.4 is 5.32 Å². The minimum Gasteiger partial charge on any atom is -0.465 e. The van der Waals surface area contributed by atoms with Crippen LogP contribution in [0.1, 0.15) is 5.76 Å². The van der Waals surface area contributed by atoms with E-state index in [1.54, 1.807) is 12.1 Å². The van der Waals surface area contributed by atoms with E-state index in [2.05, 4.69) is 5.32 Å². The van der Waals surface area contributed by atoms with Gasteiger partial charge in [-0.25, -0.2) is 4.79 Å². The van der Waals surface area contributed by atoms with E-state index in [9.17, 15) is 9.59 Å². The number of urea groups is 1. The van der Waals surface area contributed by atoms with Gasteiger partial charge in [-0.15, -0.1) is 0 Å². The predicted molar refractivity (Wildman–Crippen MR) is 52.9 cm³/mol. The Labute approximate surface area is 86.4 Å². The zero-order valence-corrected chi connectivity index (χ0v) is 7.97. The molecule has 0 bridgehead atoms. The van der Waals surface area contributed by atoms with Gasteiger partial charge in [0.2, 0.25) is 0 Å². The van der Waals surface area contributed by atoms with Gasteiger partial charge in [0.25, 0.3) is 5.91 Å². The van der Waals surface area contributed by atoms with E-state index in [0.29, 0.717) is 18.8 Å². The normalized spacial score (nSPS) is 16.0. The van der Waals surface area contributed by atoms with Gasteiger partial charge < -0.3 is 9.73 Å². The summed E-state index contributed by atoms with van der Waals surface area (Å²) in [5, 5.41) is 2.55. The molecular weight excluding hydrogens is 196 g/mol. The third-order valence-corrected chi connectivity index (χ3v) is 2.06. The number of nitrogens with zero attached hydrogens (tertiary/aromatic N) is 1. The van der Waals surface area contributed by atoms with Crippen molar-refractivity contribution in [2.24, 2.45) is 0 Å². The van der Waals surface area contributed by atoms with Crippen LogP contribution in [0.3, 0.4) is 0 Å². The smallest absolute Gasteiger partial charge is 0.324 e. The molecule has 1 N–H and O–H groups in total. The maximum atomic E-state index is 11.5. The first-order valence-corrected chi connectivity index (χ1v) is 4.58. The largest absolute Gasteiger partial charge is 0.465 e. The Bertz CT molecular complexity index is 395. The van der Waals surface area contributed by atoms with E-state index >= 15 is 0 Å². The van der Waals surface area contributed by atoms with Crippen molar-refractivity contribution in [2.75, 3.05) is 13.1 Å². The van der Waals surface area contributed by atoms with E-state index in [1.165, 1.54) is 18.4 Å². The third-order valence-electron chi connectivity index (χ3n) is 2.06. The zero-order chi connectivity index (χ0) is 10.7. The molecule has 3 amide bonds. The minimum atomic E-state index is -0.343. The Morgan fingerprint density at radius 2 is 2.47 bits per heavy atom. The molecule has 1 aromatic heterocycles. The van der Waals surface area contributed by atoms with Crippen LogP contribution in [-0.4, -0.2) is 29.9 Å². The first-order valence-electron chi connectivity index (χ1n) is 4.58. The first kappa shape index (κ1) is 9.51. The molecule has 2 heterocycles. The highest BCUT2D eigenvalue weighted by Gasteiger charge is 2.23. The van der Waals surface area contributed by atoms with Gasteiger partial charge in [0, 0.05) is 19.2 Å². The molecule has 0 saturated carbocycles. The summed E-state index contributed by atoms with van der Waals surface area (Å²) in [4.78, 5) is 23.8. The molecule has 1 fully saturated rings. The van der Waals surface area contributed by atoms with Crippen molar-refractivity contribution >= 4 is 18.0 Å². The van der Waals surface area contributed by atoms with Crippen molar-refractivity contribution < 1.29 is 14.0 Å². The molecule has 0 spiro atoms. The lowest BCUT2D eigenvalue weighted by atomic mass is 10.3. The highest BCUT2D eigenvalue weighted by Crippen LogP contribution is 2.04. The molecule has 2 rings (SSSR count). The fourth-order valence-electron chi connectivity index (χ4n) is 1.31. The molecule has 0 unspecified atom stereocenters. The Balaban J connectivity index is 2.00. The van der Waals surface area contributed by atoms with Crippen LogP contribution in [0.15, 0.2) is 28.9 Å². The van der Waals surface area contributed by atoms with Gasteiger partial charge in [0.05, 0.1) is 6.26 Å². The second kappa shape index (κ2) is 4.00. The molecule has 1 aliphatic rings. The fourth-order valence-corrected chi connectivity index (χ4v) is 1.31. The van der Waals surface area contributed by atoms with Crippen molar-refractivity contribution in [1.82, 2.24) is 10.2 Å².